The number of hydrogen-bond acceptors (Lipinski definition) is 2. The lowest BCUT2D eigenvalue weighted by Crippen LogP contribution is -1.96. The third kappa shape index (κ3) is 6.52. The van der Waals surface area contributed by atoms with Gasteiger partial charge in [0.2, 0.25) is 0 Å². The van der Waals surface area contributed by atoms with E-state index in [-0.39, 0.29) is 0 Å². The van der Waals surface area contributed by atoms with Gasteiger partial charge in [0.05, 0.1) is 29.2 Å². The van der Waals surface area contributed by atoms with Crippen molar-refractivity contribution in [2.75, 3.05) is 13.4 Å². The first kappa shape index (κ1) is 36.5. The van der Waals surface area contributed by atoms with E-state index in [4.69, 9.17) is 4.74 Å². The molecule has 6 aromatic carbocycles. The zero-order valence-corrected chi connectivity index (χ0v) is 32.9. The Hall–Kier alpha value is -6.49. The second-order valence-corrected chi connectivity index (χ2v) is 14.7. The lowest BCUT2D eigenvalue weighted by Gasteiger charge is -2.12. The van der Waals surface area contributed by atoms with Gasteiger partial charge in [-0.15, -0.1) is 11.8 Å². The van der Waals surface area contributed by atoms with Crippen LogP contribution in [0, 0.1) is 6.92 Å². The zero-order chi connectivity index (χ0) is 38.8. The molecule has 0 spiro atoms. The van der Waals surface area contributed by atoms with E-state index < -0.39 is 0 Å². The number of hydrogen-bond donors (Lipinski definition) is 0. The van der Waals surface area contributed by atoms with E-state index in [2.05, 4.69) is 182 Å². The van der Waals surface area contributed by atoms with Gasteiger partial charge in [-0.05, 0) is 108 Å². The average molecular weight is 745 g/mol. The van der Waals surface area contributed by atoms with Crippen molar-refractivity contribution in [3.8, 4) is 17.1 Å². The number of aromatic nitrogens is 2. The number of rotatable bonds is 12. The first-order valence-electron chi connectivity index (χ1n) is 18.8. The Morgan fingerprint density at radius 1 is 0.625 bits per heavy atom. The molecule has 56 heavy (non-hydrogen) atoms. The van der Waals surface area contributed by atoms with Gasteiger partial charge in [-0.1, -0.05) is 123 Å². The molecule has 0 saturated carbocycles. The van der Waals surface area contributed by atoms with Crippen LogP contribution in [-0.4, -0.2) is 22.5 Å². The highest BCUT2D eigenvalue weighted by atomic mass is 32.2. The highest BCUT2D eigenvalue weighted by Crippen LogP contribution is 2.38. The molecule has 274 valence electrons. The molecule has 0 saturated heterocycles. The first-order chi connectivity index (χ1) is 27.5. The monoisotopic (exact) mass is 744 g/mol. The van der Waals surface area contributed by atoms with Crippen LogP contribution < -0.4 is 4.74 Å². The Morgan fingerprint density at radius 3 is 1.77 bits per heavy atom. The van der Waals surface area contributed by atoms with Crippen molar-refractivity contribution < 1.29 is 4.74 Å². The molecule has 8 rings (SSSR count). The van der Waals surface area contributed by atoms with Gasteiger partial charge in [0.15, 0.2) is 0 Å². The SMILES string of the molecule is C=C/C=C(\C=C)c1cccc(-n2c3ccccc3c3cc(C/C=C\C=C(/C=C)c4cccc(-n5c6ccccc6c6cc(C)c(OC)cc65)c4)c(SC)cc32)c1. The summed E-state index contributed by atoms with van der Waals surface area (Å²) in [6.07, 6.45) is 17.2. The smallest absolute Gasteiger partial charge is 0.123 e. The van der Waals surface area contributed by atoms with E-state index in [1.807, 2.05) is 24.3 Å². The van der Waals surface area contributed by atoms with Gasteiger partial charge in [-0.25, -0.2) is 0 Å². The van der Waals surface area contributed by atoms with Crippen LogP contribution in [-0.2, 0) is 6.42 Å². The summed E-state index contributed by atoms with van der Waals surface area (Å²) in [5, 5.41) is 4.92. The molecule has 0 aliphatic carbocycles. The minimum atomic E-state index is 0.805. The molecule has 3 nitrogen and oxygen atoms in total. The summed E-state index contributed by atoms with van der Waals surface area (Å²) in [4.78, 5) is 1.26. The minimum Gasteiger partial charge on any atom is -0.496 e. The van der Waals surface area contributed by atoms with Gasteiger partial charge < -0.3 is 13.9 Å². The number of methoxy groups -OCH3 is 1. The van der Waals surface area contributed by atoms with Crippen molar-refractivity contribution in [2.24, 2.45) is 0 Å². The standard InChI is InChI=1S/C52H44N2OS/c1-7-18-36(8-2)38-21-16-24-42(30-38)54-48-28-15-13-26-44(48)46-32-40(52(56-6)34-50(46)54)20-11-10-19-37(9-3)39-22-17-23-41(31-39)53-47-27-14-12-25-43(47)45-29-35(4)51(55-5)33-49(45)53/h7-19,21-34H,1-3,20H2,4-6H3/b11-10-,36-18+,37-19+. The number of nitrogens with zero attached hydrogens (tertiary/aromatic N) is 2. The molecule has 0 N–H and O–H groups in total. The van der Waals surface area contributed by atoms with E-state index in [1.54, 1.807) is 18.9 Å². The van der Waals surface area contributed by atoms with Crippen LogP contribution in [0.4, 0.5) is 0 Å². The third-order valence-corrected chi connectivity index (χ3v) is 11.4. The van der Waals surface area contributed by atoms with E-state index in [0.717, 1.165) is 62.4 Å². The molecule has 2 aromatic heterocycles. The fraction of sp³-hybridized carbons (Fsp3) is 0.0769. The van der Waals surface area contributed by atoms with Gasteiger partial charge in [0.25, 0.3) is 0 Å². The molecule has 0 bridgehead atoms. The average Bonchev–Trinajstić information content (AvgIpc) is 3.73. The Balaban J connectivity index is 1.13. The number of benzene rings is 6. The lowest BCUT2D eigenvalue weighted by molar-refractivity contribution is 0.412. The van der Waals surface area contributed by atoms with Crippen molar-refractivity contribution >= 4 is 66.5 Å². The Labute approximate surface area is 333 Å². The predicted molar refractivity (Wildman–Crippen MR) is 244 cm³/mol. The summed E-state index contributed by atoms with van der Waals surface area (Å²) in [6.45, 7) is 14.2. The molecule has 0 radical (unpaired) electrons. The zero-order valence-electron chi connectivity index (χ0n) is 32.1. The number of ether oxygens (including phenoxy) is 1. The maximum atomic E-state index is 5.75. The summed E-state index contributed by atoms with van der Waals surface area (Å²) in [5.74, 6) is 0.883. The van der Waals surface area contributed by atoms with Crippen molar-refractivity contribution in [1.29, 1.82) is 0 Å². The van der Waals surface area contributed by atoms with Crippen LogP contribution in [0.2, 0.25) is 0 Å². The number of aryl methyl sites for hydroxylation is 1. The first-order valence-corrected chi connectivity index (χ1v) is 20.0. The van der Waals surface area contributed by atoms with E-state index in [9.17, 15) is 0 Å². The van der Waals surface area contributed by atoms with Gasteiger partial charge >= 0.3 is 0 Å². The third-order valence-electron chi connectivity index (χ3n) is 10.6. The van der Waals surface area contributed by atoms with Crippen LogP contribution in [0.15, 0.2) is 188 Å². The van der Waals surface area contributed by atoms with Crippen LogP contribution in [0.3, 0.4) is 0 Å². The maximum Gasteiger partial charge on any atom is 0.123 e. The minimum absolute atomic E-state index is 0.805. The normalized spacial score (nSPS) is 12.3. The fourth-order valence-electron chi connectivity index (χ4n) is 7.98. The number of fused-ring (bicyclic) bond motifs is 6. The van der Waals surface area contributed by atoms with Gasteiger partial charge in [0.1, 0.15) is 5.75 Å². The molecule has 0 amide bonds. The van der Waals surface area contributed by atoms with E-state index in [0.29, 0.717) is 0 Å². The molecule has 0 fully saturated rings. The van der Waals surface area contributed by atoms with Crippen molar-refractivity contribution in [1.82, 2.24) is 9.13 Å². The number of para-hydroxylation sites is 2. The molecule has 2 heterocycles. The van der Waals surface area contributed by atoms with Crippen LogP contribution >= 0.6 is 11.8 Å². The molecule has 8 aromatic rings. The molecule has 0 unspecified atom stereocenters. The van der Waals surface area contributed by atoms with Crippen molar-refractivity contribution in [3.63, 3.8) is 0 Å². The lowest BCUT2D eigenvalue weighted by atomic mass is 10.0. The van der Waals surface area contributed by atoms with Gasteiger partial charge in [-0.3, -0.25) is 0 Å². The predicted octanol–water partition coefficient (Wildman–Crippen LogP) is 14.0. The van der Waals surface area contributed by atoms with Gasteiger partial charge in [0, 0.05) is 43.9 Å². The van der Waals surface area contributed by atoms with Gasteiger partial charge in [-0.2, -0.15) is 0 Å². The van der Waals surface area contributed by atoms with E-state index in [1.165, 1.54) is 43.0 Å². The highest BCUT2D eigenvalue weighted by molar-refractivity contribution is 7.98. The quantitative estimate of drug-likeness (QED) is 0.0916. The number of thioether (sulfide) groups is 1. The molecule has 0 aliphatic rings. The summed E-state index contributed by atoms with van der Waals surface area (Å²) in [5.41, 5.74) is 13.6. The Kier molecular flexibility index (Phi) is 10.2. The van der Waals surface area contributed by atoms with Crippen LogP contribution in [0.5, 0.6) is 5.75 Å². The van der Waals surface area contributed by atoms with Crippen molar-refractivity contribution in [2.45, 2.75) is 18.2 Å². The Morgan fingerprint density at radius 2 is 1.20 bits per heavy atom. The van der Waals surface area contributed by atoms with Crippen LogP contribution in [0.1, 0.15) is 22.3 Å². The topological polar surface area (TPSA) is 19.1 Å². The number of allylic oxidation sites excluding steroid dienone is 9. The molecular formula is C52H44N2OS. The maximum absolute atomic E-state index is 5.75. The second kappa shape index (κ2) is 15.7. The Bertz CT molecular complexity index is 2930. The fourth-order valence-corrected chi connectivity index (χ4v) is 8.61. The molecule has 4 heteroatoms. The molecular weight excluding hydrogens is 701 g/mol. The largest absolute Gasteiger partial charge is 0.496 e. The highest BCUT2D eigenvalue weighted by Gasteiger charge is 2.17. The summed E-state index contributed by atoms with van der Waals surface area (Å²) in [7, 11) is 1.74. The summed E-state index contributed by atoms with van der Waals surface area (Å²) >= 11 is 1.79. The summed E-state index contributed by atoms with van der Waals surface area (Å²) < 4.78 is 10.5. The molecule has 0 aliphatic heterocycles. The molecule has 0 atom stereocenters. The summed E-state index contributed by atoms with van der Waals surface area (Å²) in [6, 6.07) is 43.8. The van der Waals surface area contributed by atoms with Crippen molar-refractivity contribution in [3.05, 3.63) is 206 Å². The second-order valence-electron chi connectivity index (χ2n) is 13.8. The van der Waals surface area contributed by atoms with E-state index >= 15 is 0 Å². The van der Waals surface area contributed by atoms with Crippen LogP contribution in [0.25, 0.3) is 66.1 Å².